The van der Waals surface area contributed by atoms with Crippen LogP contribution in [0.5, 0.6) is 5.88 Å². The van der Waals surface area contributed by atoms with E-state index >= 15 is 0 Å². The molecule has 9 heterocycles. The number of piperazine rings is 1. The van der Waals surface area contributed by atoms with Gasteiger partial charge in [0.2, 0.25) is 17.7 Å². The Morgan fingerprint density at radius 3 is 2.41 bits per heavy atom. The third-order valence-electron chi connectivity index (χ3n) is 15.0. The summed E-state index contributed by atoms with van der Waals surface area (Å²) in [6.07, 6.45) is 10.9. The molecule has 5 aromatic rings. The number of nitrogens with zero attached hydrogens (tertiary/aromatic N) is 8. The van der Waals surface area contributed by atoms with Gasteiger partial charge in [-0.2, -0.15) is 0 Å². The number of amides is 5. The number of anilines is 5. The molecule has 5 aliphatic heterocycles. The molecule has 3 saturated heterocycles. The van der Waals surface area contributed by atoms with Crippen molar-refractivity contribution >= 4 is 69.6 Å². The van der Waals surface area contributed by atoms with E-state index in [4.69, 9.17) is 13.8 Å². The van der Waals surface area contributed by atoms with Crippen molar-refractivity contribution in [2.75, 3.05) is 66.3 Å². The van der Waals surface area contributed by atoms with Crippen LogP contribution in [0, 0.1) is 0 Å². The lowest BCUT2D eigenvalue weighted by atomic mass is 9.91. The molecule has 0 radical (unpaired) electrons. The minimum Gasteiger partial charge on any atom is -0.480 e. The first-order valence-electron chi connectivity index (χ1n) is 25.8. The van der Waals surface area contributed by atoms with Crippen molar-refractivity contribution < 1.29 is 37.9 Å². The van der Waals surface area contributed by atoms with Crippen LogP contribution < -0.4 is 30.1 Å². The minimum absolute atomic E-state index is 0.0689. The van der Waals surface area contributed by atoms with Crippen molar-refractivity contribution in [3.05, 3.63) is 98.6 Å². The van der Waals surface area contributed by atoms with Crippen LogP contribution in [0.4, 0.5) is 28.7 Å². The number of ether oxygens (including phenoxy) is 1. The number of methoxy groups -OCH3 is 1. The number of imide groups is 2. The Hall–Kier alpha value is -6.76. The number of thiophene rings is 1. The van der Waals surface area contributed by atoms with Gasteiger partial charge in [0.25, 0.3) is 17.7 Å². The second-order valence-electron chi connectivity index (χ2n) is 19.1. The van der Waals surface area contributed by atoms with Gasteiger partial charge in [-0.25, -0.2) is 15.0 Å². The van der Waals surface area contributed by atoms with Crippen LogP contribution in [-0.4, -0.2) is 124 Å². The zero-order valence-corrected chi connectivity index (χ0v) is 39.9. The summed E-state index contributed by atoms with van der Waals surface area (Å²) >= 11 is 1.59. The highest BCUT2D eigenvalue weighted by Crippen LogP contribution is 2.42. The molecule has 6 aliphatic rings. The van der Waals surface area contributed by atoms with E-state index in [1.807, 2.05) is 18.2 Å². The van der Waals surface area contributed by atoms with Gasteiger partial charge in [-0.1, -0.05) is 0 Å². The lowest BCUT2D eigenvalue weighted by Gasteiger charge is -2.46. The molecule has 5 amide bonds. The van der Waals surface area contributed by atoms with Gasteiger partial charge in [0, 0.05) is 91.9 Å². The van der Waals surface area contributed by atoms with E-state index in [1.165, 1.54) is 16.6 Å². The smallest absolute Gasteiger partial charge is 0.269 e. The van der Waals surface area contributed by atoms with Gasteiger partial charge in [-0.05, 0) is 124 Å². The van der Waals surface area contributed by atoms with Crippen molar-refractivity contribution in [3.8, 4) is 17.0 Å². The maximum Gasteiger partial charge on any atom is 0.269 e. The summed E-state index contributed by atoms with van der Waals surface area (Å²) in [5, 5.41) is 16.8. The van der Waals surface area contributed by atoms with Gasteiger partial charge in [0.15, 0.2) is 0 Å². The fourth-order valence-electron chi connectivity index (χ4n) is 11.4. The van der Waals surface area contributed by atoms with E-state index in [0.717, 1.165) is 98.0 Å². The van der Waals surface area contributed by atoms with Gasteiger partial charge >= 0.3 is 0 Å². The number of aliphatic hydroxyl groups is 1. The molecule has 0 spiro atoms. The van der Waals surface area contributed by atoms with Crippen molar-refractivity contribution in [2.45, 2.75) is 95.9 Å². The molecular formula is C52H56N10O7S. The van der Waals surface area contributed by atoms with Crippen molar-refractivity contribution in [1.29, 1.82) is 0 Å². The van der Waals surface area contributed by atoms with Gasteiger partial charge in [0.05, 0.1) is 45.1 Å². The topological polar surface area (TPSA) is 194 Å². The highest BCUT2D eigenvalue weighted by molar-refractivity contribution is 7.14. The molecule has 11 rings (SSSR count). The van der Waals surface area contributed by atoms with Gasteiger partial charge in [-0.3, -0.25) is 44.0 Å². The third-order valence-corrected chi connectivity index (χ3v) is 16.3. The SMILES string of the molecule is [2H]C([2H])([2H])Oc1ncc(-c2ccnc(N3CCc4c(sc5c4CCCC5)C3=O)c2[C@@H](C)O)cc1Nc1ccc(N2CCN(C3CCN(c4ccc5c(c4)C(=O)N([C@H]4CCC(=O)NC4=O)C5=O)CC3)C[C@@H]2C)cn1. The fourth-order valence-corrected chi connectivity index (χ4v) is 12.8. The number of aromatic nitrogens is 3. The number of benzene rings is 1. The molecule has 3 N–H and O–H groups in total. The number of pyridine rings is 3. The summed E-state index contributed by atoms with van der Waals surface area (Å²) in [4.78, 5) is 90.8. The Labute approximate surface area is 414 Å². The van der Waals surface area contributed by atoms with Crippen LogP contribution in [0.1, 0.15) is 115 Å². The summed E-state index contributed by atoms with van der Waals surface area (Å²) in [5.41, 5.74) is 6.66. The van der Waals surface area contributed by atoms with E-state index in [2.05, 4.69) is 42.2 Å². The molecule has 362 valence electrons. The summed E-state index contributed by atoms with van der Waals surface area (Å²) in [7, 11) is -2.79. The number of aryl methyl sites for hydroxylation is 1. The Balaban J connectivity index is 0.746. The molecule has 3 atom stereocenters. The van der Waals surface area contributed by atoms with Crippen LogP contribution in [0.2, 0.25) is 0 Å². The summed E-state index contributed by atoms with van der Waals surface area (Å²) in [6.45, 7) is 8.29. The molecule has 1 aliphatic carbocycles. The molecule has 3 fully saturated rings. The molecule has 70 heavy (non-hydrogen) atoms. The number of carbonyl (C=O) groups is 5. The van der Waals surface area contributed by atoms with Gasteiger partial charge in [-0.15, -0.1) is 11.3 Å². The Bertz CT molecular complexity index is 3050. The molecule has 4 aromatic heterocycles. The molecule has 1 aromatic carbocycles. The second kappa shape index (κ2) is 18.5. The Kier molecular flexibility index (Phi) is 11.2. The predicted octanol–water partition coefficient (Wildman–Crippen LogP) is 6.07. The van der Waals surface area contributed by atoms with Crippen LogP contribution in [0.3, 0.4) is 0 Å². The summed E-state index contributed by atoms with van der Waals surface area (Å²) < 4.78 is 29.0. The molecule has 0 saturated carbocycles. The van der Waals surface area contributed by atoms with Crippen LogP contribution in [0.25, 0.3) is 11.1 Å². The predicted molar refractivity (Wildman–Crippen MR) is 265 cm³/mol. The Morgan fingerprint density at radius 1 is 0.829 bits per heavy atom. The quantitative estimate of drug-likeness (QED) is 0.137. The monoisotopic (exact) mass is 967 g/mol. The molecule has 18 heteroatoms. The van der Waals surface area contributed by atoms with Crippen LogP contribution in [0.15, 0.2) is 61.1 Å². The number of hydrogen-bond donors (Lipinski definition) is 3. The van der Waals surface area contributed by atoms with E-state index in [1.54, 1.807) is 59.8 Å². The maximum atomic E-state index is 14.1. The number of fused-ring (bicyclic) bond motifs is 4. The molecule has 0 unspecified atom stereocenters. The first kappa shape index (κ1) is 42.1. The largest absolute Gasteiger partial charge is 0.480 e. The minimum atomic E-state index is -2.79. The summed E-state index contributed by atoms with van der Waals surface area (Å²) in [5.74, 6) is -1.53. The molecule has 17 nitrogen and oxygen atoms in total. The lowest BCUT2D eigenvalue weighted by molar-refractivity contribution is -0.136. The normalized spacial score (nSPS) is 22.2. The standard InChI is InChI=1S/C52H56N10O7S/c1-29-28-59(32-15-19-58(20-16-32)33-8-10-38-39(25-33)51(67)62(50(38)66)41-11-13-44(64)57-48(41)65)22-23-60(29)34-9-12-43(54-27-34)56-40-24-31(26-55-49(40)69-3)35-14-18-53-47(45(35)30(2)63)61-21-17-37-36-6-4-5-7-42(36)70-46(37)52(61)68/h8-10,12,14,18,24-27,29-30,32,41,63H,4-7,11,13,15-17,19-23,28H2,1-3H3,(H,54,56)(H,57,64,65)/t29-,30+,41-/m0/s1/i3D3. The highest BCUT2D eigenvalue weighted by atomic mass is 32.1. The third kappa shape index (κ3) is 8.14. The Morgan fingerprint density at radius 2 is 1.64 bits per heavy atom. The number of aliphatic hydroxyl groups excluding tert-OH is 1. The van der Waals surface area contributed by atoms with Crippen molar-refractivity contribution in [2.24, 2.45) is 0 Å². The second-order valence-corrected chi connectivity index (χ2v) is 20.2. The first-order chi connectivity index (χ1) is 35.1. The van der Waals surface area contributed by atoms with Crippen molar-refractivity contribution in [1.82, 2.24) is 30.1 Å². The number of nitrogens with one attached hydrogen (secondary N) is 2. The fraction of sp³-hybridized carbons (Fsp3) is 0.423. The number of carbonyl (C=O) groups excluding carboxylic acids is 5. The first-order valence-corrected chi connectivity index (χ1v) is 25.1. The molecular weight excluding hydrogens is 909 g/mol. The zero-order valence-electron chi connectivity index (χ0n) is 42.1. The van der Waals surface area contributed by atoms with Crippen LogP contribution in [-0.2, 0) is 28.9 Å². The number of hydrogen-bond acceptors (Lipinski definition) is 15. The maximum absolute atomic E-state index is 14.1. The number of rotatable bonds is 10. The van der Waals surface area contributed by atoms with E-state index in [9.17, 15) is 29.1 Å². The average molecular weight is 968 g/mol. The highest BCUT2D eigenvalue weighted by Gasteiger charge is 2.45. The average Bonchev–Trinajstić information content (AvgIpc) is 3.88. The lowest BCUT2D eigenvalue weighted by Crippen LogP contribution is -2.57. The zero-order chi connectivity index (χ0) is 50.9. The van der Waals surface area contributed by atoms with Gasteiger partial charge in [0.1, 0.15) is 23.4 Å². The number of piperidine rings is 2. The summed E-state index contributed by atoms with van der Waals surface area (Å²) in [6, 6.07) is 12.1. The van der Waals surface area contributed by atoms with Crippen molar-refractivity contribution in [3.63, 3.8) is 0 Å². The van der Waals surface area contributed by atoms with E-state index in [0.29, 0.717) is 47.3 Å². The van der Waals surface area contributed by atoms with Crippen LogP contribution >= 0.6 is 11.3 Å². The van der Waals surface area contributed by atoms with Gasteiger partial charge < -0.3 is 25.0 Å². The van der Waals surface area contributed by atoms with E-state index in [-0.39, 0.29) is 47.5 Å². The molecule has 0 bridgehead atoms. The van der Waals surface area contributed by atoms with E-state index < -0.39 is 42.8 Å².